The van der Waals surface area contributed by atoms with Crippen LogP contribution >= 0.6 is 0 Å². The molecule has 0 bridgehead atoms. The third kappa shape index (κ3) is 4.82. The molecular formula is C34H47N3O2S. The summed E-state index contributed by atoms with van der Waals surface area (Å²) in [7, 11) is -3.10. The third-order valence-electron chi connectivity index (χ3n) is 11.2. The van der Waals surface area contributed by atoms with Gasteiger partial charge in [-0.25, -0.2) is 8.42 Å². The van der Waals surface area contributed by atoms with Crippen molar-refractivity contribution >= 4 is 15.5 Å². The zero-order chi connectivity index (χ0) is 27.3. The second kappa shape index (κ2) is 10.7. The Morgan fingerprint density at radius 2 is 1.50 bits per heavy atom. The second-order valence-corrected chi connectivity index (χ2v) is 15.8. The van der Waals surface area contributed by atoms with Crippen molar-refractivity contribution in [3.63, 3.8) is 0 Å². The number of fused-ring (bicyclic) bond motifs is 1. The van der Waals surface area contributed by atoms with Gasteiger partial charge >= 0.3 is 0 Å². The van der Waals surface area contributed by atoms with Gasteiger partial charge in [0.05, 0.1) is 10.1 Å². The average Bonchev–Trinajstić information content (AvgIpc) is 3.70. The fourth-order valence-electron chi connectivity index (χ4n) is 8.87. The molecule has 6 heteroatoms. The van der Waals surface area contributed by atoms with Gasteiger partial charge in [0.2, 0.25) is 0 Å². The first-order valence-electron chi connectivity index (χ1n) is 16.1. The van der Waals surface area contributed by atoms with E-state index in [0.717, 1.165) is 50.9 Å². The van der Waals surface area contributed by atoms with Gasteiger partial charge < -0.3 is 9.80 Å². The van der Waals surface area contributed by atoms with Gasteiger partial charge in [-0.15, -0.1) is 0 Å². The van der Waals surface area contributed by atoms with Crippen LogP contribution in [0.3, 0.4) is 0 Å². The molecule has 0 aromatic heterocycles. The molecule has 2 saturated heterocycles. The Hall–Kier alpha value is -1.89. The molecule has 216 valence electrons. The number of nitrogens with zero attached hydrogens (tertiary/aromatic N) is 3. The average molecular weight is 562 g/mol. The summed E-state index contributed by atoms with van der Waals surface area (Å²) in [5.41, 5.74) is 4.80. The Bertz CT molecular complexity index is 1290. The SMILES string of the molecule is CCN1Cc2ccccc2C(C2CCCC2)(C2CCN(CC3CN(c4ccc(S(=O)(=O)C5CC5)cc4)C3)CC2)C1. The Morgan fingerprint density at radius 1 is 0.825 bits per heavy atom. The van der Waals surface area contributed by atoms with E-state index in [1.807, 2.05) is 24.3 Å². The Labute approximate surface area is 241 Å². The highest BCUT2D eigenvalue weighted by Crippen LogP contribution is 2.53. The van der Waals surface area contributed by atoms with Crippen molar-refractivity contribution in [3.05, 3.63) is 59.7 Å². The molecule has 0 amide bonds. The first-order valence-corrected chi connectivity index (χ1v) is 17.6. The minimum Gasteiger partial charge on any atom is -0.371 e. The minimum absolute atomic E-state index is 0.137. The molecule has 3 aliphatic heterocycles. The number of benzene rings is 2. The normalized spacial score (nSPS) is 27.6. The molecule has 1 atom stereocenters. The number of hydrogen-bond donors (Lipinski definition) is 0. The first-order chi connectivity index (χ1) is 19.5. The molecule has 7 rings (SSSR count). The highest BCUT2D eigenvalue weighted by Gasteiger charge is 2.51. The number of rotatable bonds is 8. The zero-order valence-corrected chi connectivity index (χ0v) is 25.1. The summed E-state index contributed by atoms with van der Waals surface area (Å²) in [5.74, 6) is 2.33. The standard InChI is InChI=1S/C34H47N3O2S/c1-2-35-24-27-7-3-6-10-33(27)34(25-35,28-8-4-5-9-28)29-17-19-36(20-18-29)21-26-22-37(23-26)30-11-13-31(14-12-30)40(38,39)32-15-16-32/h3,6-7,10-14,26,28-29,32H,2,4-5,8-9,15-25H2,1H3. The van der Waals surface area contributed by atoms with E-state index in [1.165, 1.54) is 70.4 Å². The van der Waals surface area contributed by atoms with Crippen LogP contribution in [0.2, 0.25) is 0 Å². The van der Waals surface area contributed by atoms with Crippen LogP contribution in [0.1, 0.15) is 69.4 Å². The van der Waals surface area contributed by atoms with Crippen molar-refractivity contribution in [2.24, 2.45) is 17.8 Å². The lowest BCUT2D eigenvalue weighted by Gasteiger charge is -2.54. The van der Waals surface area contributed by atoms with Crippen LogP contribution in [0.15, 0.2) is 53.4 Å². The molecule has 5 aliphatic rings. The molecule has 3 heterocycles. The Kier molecular flexibility index (Phi) is 7.25. The van der Waals surface area contributed by atoms with E-state index in [0.29, 0.717) is 16.2 Å². The molecule has 5 nitrogen and oxygen atoms in total. The Morgan fingerprint density at radius 3 is 2.17 bits per heavy atom. The number of piperidine rings is 1. The summed E-state index contributed by atoms with van der Waals surface area (Å²) in [6.07, 6.45) is 9.95. The summed E-state index contributed by atoms with van der Waals surface area (Å²) < 4.78 is 25.0. The van der Waals surface area contributed by atoms with E-state index >= 15 is 0 Å². The third-order valence-corrected chi connectivity index (χ3v) is 13.5. The highest BCUT2D eigenvalue weighted by atomic mass is 32.2. The van der Waals surface area contributed by atoms with E-state index in [4.69, 9.17) is 0 Å². The molecule has 2 aliphatic carbocycles. The molecule has 2 saturated carbocycles. The van der Waals surface area contributed by atoms with Gasteiger partial charge in [0.1, 0.15) is 0 Å². The molecule has 40 heavy (non-hydrogen) atoms. The van der Waals surface area contributed by atoms with Crippen LogP contribution in [0.5, 0.6) is 0 Å². The summed E-state index contributed by atoms with van der Waals surface area (Å²) in [5, 5.41) is -0.137. The van der Waals surface area contributed by atoms with Crippen LogP contribution in [-0.2, 0) is 21.8 Å². The number of sulfone groups is 1. The van der Waals surface area contributed by atoms with E-state index in [1.54, 1.807) is 11.1 Å². The van der Waals surface area contributed by atoms with Gasteiger partial charge in [0.25, 0.3) is 0 Å². The van der Waals surface area contributed by atoms with Gasteiger partial charge in [-0.05, 0) is 105 Å². The first kappa shape index (κ1) is 27.0. The molecular weight excluding hydrogens is 514 g/mol. The van der Waals surface area contributed by atoms with Crippen molar-refractivity contribution in [2.45, 2.75) is 80.4 Å². The smallest absolute Gasteiger partial charge is 0.181 e. The molecule has 1 unspecified atom stereocenters. The molecule has 0 spiro atoms. The fourth-order valence-corrected chi connectivity index (χ4v) is 10.5. The largest absolute Gasteiger partial charge is 0.371 e. The predicted octanol–water partition coefficient (Wildman–Crippen LogP) is 5.73. The van der Waals surface area contributed by atoms with Crippen LogP contribution in [0.25, 0.3) is 0 Å². The van der Waals surface area contributed by atoms with Gasteiger partial charge in [0, 0.05) is 49.7 Å². The van der Waals surface area contributed by atoms with Gasteiger partial charge in [-0.2, -0.15) is 0 Å². The van der Waals surface area contributed by atoms with E-state index < -0.39 is 9.84 Å². The minimum atomic E-state index is -3.10. The zero-order valence-electron chi connectivity index (χ0n) is 24.3. The number of hydrogen-bond acceptors (Lipinski definition) is 5. The van der Waals surface area contributed by atoms with Crippen molar-refractivity contribution in [1.82, 2.24) is 9.80 Å². The van der Waals surface area contributed by atoms with E-state index in [-0.39, 0.29) is 5.25 Å². The molecule has 4 fully saturated rings. The van der Waals surface area contributed by atoms with Crippen molar-refractivity contribution in [1.29, 1.82) is 0 Å². The highest BCUT2D eigenvalue weighted by molar-refractivity contribution is 7.92. The maximum Gasteiger partial charge on any atom is 0.181 e. The lowest BCUT2D eigenvalue weighted by molar-refractivity contribution is 0.0359. The van der Waals surface area contributed by atoms with Crippen molar-refractivity contribution in [3.8, 4) is 0 Å². The van der Waals surface area contributed by atoms with Gasteiger partial charge in [-0.3, -0.25) is 4.90 Å². The van der Waals surface area contributed by atoms with Crippen LogP contribution in [-0.4, -0.2) is 69.3 Å². The maximum atomic E-state index is 12.5. The molecule has 0 radical (unpaired) electrons. The Balaban J connectivity index is 0.979. The summed E-state index contributed by atoms with van der Waals surface area (Å²) in [4.78, 5) is 8.40. The molecule has 2 aromatic carbocycles. The van der Waals surface area contributed by atoms with Crippen molar-refractivity contribution < 1.29 is 8.42 Å². The number of likely N-dealkylation sites (tertiary alicyclic amines) is 1. The van der Waals surface area contributed by atoms with Gasteiger partial charge in [0.15, 0.2) is 9.84 Å². The van der Waals surface area contributed by atoms with E-state index in [2.05, 4.69) is 45.9 Å². The lowest BCUT2D eigenvalue weighted by atomic mass is 9.57. The number of likely N-dealkylation sites (N-methyl/N-ethyl adjacent to an activating group) is 1. The fraction of sp³-hybridized carbons (Fsp3) is 0.647. The van der Waals surface area contributed by atoms with E-state index in [9.17, 15) is 8.42 Å². The topological polar surface area (TPSA) is 43.9 Å². The van der Waals surface area contributed by atoms with Gasteiger partial charge in [-0.1, -0.05) is 44.0 Å². The monoisotopic (exact) mass is 561 g/mol. The predicted molar refractivity (Wildman–Crippen MR) is 163 cm³/mol. The summed E-state index contributed by atoms with van der Waals surface area (Å²) in [6.45, 7) is 11.7. The van der Waals surface area contributed by atoms with Crippen LogP contribution in [0.4, 0.5) is 5.69 Å². The maximum absolute atomic E-state index is 12.5. The lowest BCUT2D eigenvalue weighted by Crippen LogP contribution is -2.57. The molecule has 2 aromatic rings. The summed E-state index contributed by atoms with van der Waals surface area (Å²) in [6, 6.07) is 17.2. The summed E-state index contributed by atoms with van der Waals surface area (Å²) >= 11 is 0. The van der Waals surface area contributed by atoms with Crippen molar-refractivity contribution in [2.75, 3.05) is 50.7 Å². The van der Waals surface area contributed by atoms with Crippen LogP contribution < -0.4 is 4.90 Å². The quantitative estimate of drug-likeness (QED) is 0.412. The van der Waals surface area contributed by atoms with Crippen LogP contribution in [0, 0.1) is 17.8 Å². The molecule has 0 N–H and O–H groups in total. The number of anilines is 1. The second-order valence-electron chi connectivity index (χ2n) is 13.6.